The van der Waals surface area contributed by atoms with E-state index in [1.165, 1.54) is 12.1 Å². The molecule has 0 amide bonds. The number of aromatic amines is 1. The molecule has 3 heterocycles. The molecule has 0 unspecified atom stereocenters. The number of benzene rings is 2. The Bertz CT molecular complexity index is 1460. The van der Waals surface area contributed by atoms with Crippen LogP contribution in [0.1, 0.15) is 5.56 Å². The molecule has 174 valence electrons. The predicted molar refractivity (Wildman–Crippen MR) is 127 cm³/mol. The van der Waals surface area contributed by atoms with Gasteiger partial charge in [-0.2, -0.15) is 13.9 Å². The van der Waals surface area contributed by atoms with E-state index >= 15 is 0 Å². The van der Waals surface area contributed by atoms with E-state index in [-0.39, 0.29) is 5.75 Å². The van der Waals surface area contributed by atoms with Crippen molar-refractivity contribution in [2.24, 2.45) is 0 Å². The van der Waals surface area contributed by atoms with Crippen molar-refractivity contribution in [2.75, 3.05) is 5.32 Å². The van der Waals surface area contributed by atoms with Crippen LogP contribution in [0.15, 0.2) is 79.3 Å². The number of rotatable bonds is 7. The lowest BCUT2D eigenvalue weighted by Crippen LogP contribution is -2.01. The monoisotopic (exact) mass is 471 g/mol. The topological polar surface area (TPSA) is 102 Å². The van der Waals surface area contributed by atoms with Gasteiger partial charge in [0.05, 0.1) is 5.69 Å². The summed E-state index contributed by atoms with van der Waals surface area (Å²) in [7, 11) is 0. The fraction of sp³-hybridized carbons (Fsp3) is 0.0800. The smallest absolute Gasteiger partial charge is 0.387 e. The molecule has 0 radical (unpaired) electrons. The molecule has 0 spiro atoms. The summed E-state index contributed by atoms with van der Waals surface area (Å²) < 4.78 is 29.5. The molecule has 0 aliphatic heterocycles. The van der Waals surface area contributed by atoms with Crippen molar-refractivity contribution in [3.05, 3.63) is 84.8 Å². The van der Waals surface area contributed by atoms with Gasteiger partial charge in [-0.15, -0.1) is 0 Å². The molecule has 0 bridgehead atoms. The van der Waals surface area contributed by atoms with Gasteiger partial charge in [0.25, 0.3) is 0 Å². The van der Waals surface area contributed by atoms with Crippen LogP contribution in [-0.2, 0) is 0 Å². The van der Waals surface area contributed by atoms with Gasteiger partial charge in [0.15, 0.2) is 11.6 Å². The Balaban J connectivity index is 1.40. The van der Waals surface area contributed by atoms with Crippen molar-refractivity contribution in [3.63, 3.8) is 0 Å². The highest BCUT2D eigenvalue weighted by molar-refractivity contribution is 5.70. The Morgan fingerprint density at radius 1 is 0.914 bits per heavy atom. The van der Waals surface area contributed by atoms with Crippen molar-refractivity contribution in [3.8, 4) is 39.8 Å². The number of pyridine rings is 1. The summed E-state index contributed by atoms with van der Waals surface area (Å²) in [6, 6.07) is 17.6. The molecule has 35 heavy (non-hydrogen) atoms. The summed E-state index contributed by atoms with van der Waals surface area (Å²) in [5.41, 5.74) is 4.76. The summed E-state index contributed by atoms with van der Waals surface area (Å²) in [5.74, 6) is 1.37. The number of hydrogen-bond acceptors (Lipinski definition) is 7. The number of anilines is 2. The second-order valence-electron chi connectivity index (χ2n) is 7.58. The fourth-order valence-corrected chi connectivity index (χ4v) is 3.45. The molecule has 0 atom stereocenters. The highest BCUT2D eigenvalue weighted by Crippen LogP contribution is 2.28. The molecule has 2 aromatic carbocycles. The number of nitrogens with zero attached hydrogens (tertiary/aromatic N) is 5. The third-order valence-corrected chi connectivity index (χ3v) is 5.17. The van der Waals surface area contributed by atoms with Gasteiger partial charge in [-0.1, -0.05) is 24.3 Å². The zero-order valence-electron chi connectivity index (χ0n) is 18.5. The lowest BCUT2D eigenvalue weighted by atomic mass is 10.1. The minimum absolute atomic E-state index is 0.0409. The second-order valence-corrected chi connectivity index (χ2v) is 7.58. The molecule has 0 fully saturated rings. The summed E-state index contributed by atoms with van der Waals surface area (Å²) in [4.78, 5) is 17.6. The maximum atomic E-state index is 12.5. The van der Waals surface area contributed by atoms with Crippen LogP contribution in [0, 0.1) is 6.92 Å². The summed E-state index contributed by atoms with van der Waals surface area (Å²) in [6.45, 7) is -0.933. The molecule has 0 aliphatic carbocycles. The number of nitrogens with one attached hydrogen (secondary N) is 2. The van der Waals surface area contributed by atoms with Crippen LogP contribution in [0.5, 0.6) is 5.75 Å². The fourth-order valence-electron chi connectivity index (χ4n) is 3.45. The molecule has 0 saturated heterocycles. The van der Waals surface area contributed by atoms with Gasteiger partial charge in [-0.25, -0.2) is 15.0 Å². The maximum Gasteiger partial charge on any atom is 0.387 e. The van der Waals surface area contributed by atoms with Gasteiger partial charge < -0.3 is 10.1 Å². The standard InChI is InChI=1S/C25H19F2N7O/c1-15-7-8-17(23-32-22(33-34-23)16-4-2-6-19(12-16)35-24(26)27)13-21(15)31-25-29-11-9-20(30-25)18-5-3-10-28-14-18/h2-14,24H,1H3,(H,29,30,31)(H,32,33,34). The van der Waals surface area contributed by atoms with Crippen LogP contribution in [0.25, 0.3) is 34.0 Å². The number of hydrogen-bond donors (Lipinski definition) is 2. The van der Waals surface area contributed by atoms with E-state index in [4.69, 9.17) is 0 Å². The highest BCUT2D eigenvalue weighted by Gasteiger charge is 2.12. The Morgan fingerprint density at radius 3 is 2.63 bits per heavy atom. The molecule has 5 rings (SSSR count). The van der Waals surface area contributed by atoms with Crippen LogP contribution < -0.4 is 10.1 Å². The van der Waals surface area contributed by atoms with Gasteiger partial charge in [0.1, 0.15) is 5.75 Å². The Labute approximate surface area is 199 Å². The number of aromatic nitrogens is 6. The number of aryl methyl sites for hydroxylation is 1. The van der Waals surface area contributed by atoms with E-state index in [1.807, 2.05) is 43.3 Å². The van der Waals surface area contributed by atoms with E-state index in [0.29, 0.717) is 23.2 Å². The number of H-pyrrole nitrogens is 1. The average Bonchev–Trinajstić information content (AvgIpc) is 3.36. The maximum absolute atomic E-state index is 12.5. The number of alkyl halides is 2. The quantitative estimate of drug-likeness (QED) is 0.317. The molecule has 5 aromatic rings. The molecule has 10 heteroatoms. The van der Waals surface area contributed by atoms with Gasteiger partial charge in [-0.3, -0.25) is 10.1 Å². The first-order valence-electron chi connectivity index (χ1n) is 10.6. The molecular weight excluding hydrogens is 452 g/mol. The van der Waals surface area contributed by atoms with Crippen LogP contribution in [-0.4, -0.2) is 36.7 Å². The van der Waals surface area contributed by atoms with Crippen molar-refractivity contribution in [2.45, 2.75) is 13.5 Å². The molecule has 0 aliphatic rings. The Kier molecular flexibility index (Phi) is 6.08. The minimum Gasteiger partial charge on any atom is -0.435 e. The van der Waals surface area contributed by atoms with E-state index in [9.17, 15) is 8.78 Å². The summed E-state index contributed by atoms with van der Waals surface area (Å²) >= 11 is 0. The van der Waals surface area contributed by atoms with Crippen molar-refractivity contribution >= 4 is 11.6 Å². The van der Waals surface area contributed by atoms with E-state index < -0.39 is 6.61 Å². The molecule has 2 N–H and O–H groups in total. The Morgan fingerprint density at radius 2 is 1.80 bits per heavy atom. The van der Waals surface area contributed by atoms with Crippen LogP contribution in [0.3, 0.4) is 0 Å². The number of ether oxygens (including phenoxy) is 1. The second kappa shape index (κ2) is 9.64. The SMILES string of the molecule is Cc1ccc(-c2nc(-c3cccc(OC(F)F)c3)n[nH]2)cc1Nc1nccc(-c2cccnc2)n1. The normalized spacial score (nSPS) is 11.0. The molecule has 8 nitrogen and oxygen atoms in total. The zero-order chi connectivity index (χ0) is 24.2. The van der Waals surface area contributed by atoms with Gasteiger partial charge in [0.2, 0.25) is 5.95 Å². The first-order valence-corrected chi connectivity index (χ1v) is 10.6. The summed E-state index contributed by atoms with van der Waals surface area (Å²) in [6.07, 6.45) is 5.14. The van der Waals surface area contributed by atoms with Crippen LogP contribution in [0.2, 0.25) is 0 Å². The highest BCUT2D eigenvalue weighted by atomic mass is 19.3. The van der Waals surface area contributed by atoms with Gasteiger partial charge >= 0.3 is 6.61 Å². The van der Waals surface area contributed by atoms with E-state index in [1.54, 1.807) is 30.7 Å². The Hall–Kier alpha value is -4.73. The van der Waals surface area contributed by atoms with E-state index in [0.717, 1.165) is 28.1 Å². The first kappa shape index (κ1) is 22.1. The third-order valence-electron chi connectivity index (χ3n) is 5.17. The zero-order valence-corrected chi connectivity index (χ0v) is 18.5. The molecular formula is C25H19F2N7O. The first-order chi connectivity index (χ1) is 17.0. The molecule has 3 aromatic heterocycles. The van der Waals surface area contributed by atoms with Crippen molar-refractivity contribution in [1.29, 1.82) is 0 Å². The van der Waals surface area contributed by atoms with Crippen LogP contribution >= 0.6 is 0 Å². The van der Waals surface area contributed by atoms with Crippen molar-refractivity contribution in [1.82, 2.24) is 30.1 Å². The third kappa shape index (κ3) is 5.11. The van der Waals surface area contributed by atoms with Gasteiger partial charge in [0, 0.05) is 41.0 Å². The predicted octanol–water partition coefficient (Wildman–Crippen LogP) is 5.64. The largest absolute Gasteiger partial charge is 0.435 e. The van der Waals surface area contributed by atoms with Crippen molar-refractivity contribution < 1.29 is 13.5 Å². The molecule has 0 saturated carbocycles. The van der Waals surface area contributed by atoms with Crippen LogP contribution in [0.4, 0.5) is 20.4 Å². The average molecular weight is 471 g/mol. The van der Waals surface area contributed by atoms with Gasteiger partial charge in [-0.05, 0) is 48.9 Å². The lowest BCUT2D eigenvalue weighted by Gasteiger charge is -2.10. The summed E-state index contributed by atoms with van der Waals surface area (Å²) in [5, 5.41) is 10.4. The lowest BCUT2D eigenvalue weighted by molar-refractivity contribution is -0.0498. The van der Waals surface area contributed by atoms with E-state index in [2.05, 4.69) is 40.2 Å². The minimum atomic E-state index is -2.90. The number of halogens is 2.